The molecule has 5 heteroatoms. The molecular weight excluding hydrogens is 266 g/mol. The fraction of sp³-hybridized carbons (Fsp3) is 0.438. The number of H-pyrrole nitrogens is 1. The second-order valence-corrected chi connectivity index (χ2v) is 5.21. The molecule has 21 heavy (non-hydrogen) atoms. The molecule has 3 rings (SSSR count). The van der Waals surface area contributed by atoms with E-state index in [4.69, 9.17) is 9.47 Å². The SMILES string of the molecule is CCN1CCc2[nH]nc(-c3cc(OC)ccc3OC)c2C1. The van der Waals surface area contributed by atoms with Crippen molar-refractivity contribution < 1.29 is 9.47 Å². The van der Waals surface area contributed by atoms with Gasteiger partial charge in [-0.05, 0) is 24.7 Å². The smallest absolute Gasteiger partial charge is 0.128 e. The van der Waals surface area contributed by atoms with E-state index in [1.54, 1.807) is 14.2 Å². The number of rotatable bonds is 4. The van der Waals surface area contributed by atoms with Gasteiger partial charge < -0.3 is 9.47 Å². The average molecular weight is 287 g/mol. The Morgan fingerprint density at radius 2 is 2.14 bits per heavy atom. The molecule has 2 aromatic rings. The highest BCUT2D eigenvalue weighted by atomic mass is 16.5. The fourth-order valence-electron chi connectivity index (χ4n) is 2.84. The predicted molar refractivity (Wildman–Crippen MR) is 81.8 cm³/mol. The molecule has 0 radical (unpaired) electrons. The van der Waals surface area contributed by atoms with Crippen molar-refractivity contribution in [3.8, 4) is 22.8 Å². The minimum Gasteiger partial charge on any atom is -0.497 e. The lowest BCUT2D eigenvalue weighted by Crippen LogP contribution is -2.30. The van der Waals surface area contributed by atoms with Crippen molar-refractivity contribution in [2.24, 2.45) is 0 Å². The van der Waals surface area contributed by atoms with Crippen LogP contribution in [0.5, 0.6) is 11.5 Å². The molecule has 0 unspecified atom stereocenters. The molecule has 0 atom stereocenters. The molecule has 0 bridgehead atoms. The molecule has 112 valence electrons. The van der Waals surface area contributed by atoms with Crippen LogP contribution in [0.25, 0.3) is 11.3 Å². The monoisotopic (exact) mass is 287 g/mol. The van der Waals surface area contributed by atoms with Crippen molar-refractivity contribution in [2.45, 2.75) is 19.9 Å². The summed E-state index contributed by atoms with van der Waals surface area (Å²) in [5.41, 5.74) is 4.46. The summed E-state index contributed by atoms with van der Waals surface area (Å²) in [5, 5.41) is 7.72. The first-order valence-electron chi connectivity index (χ1n) is 7.27. The van der Waals surface area contributed by atoms with E-state index in [1.165, 1.54) is 11.3 Å². The van der Waals surface area contributed by atoms with E-state index < -0.39 is 0 Å². The molecule has 0 saturated carbocycles. The number of nitrogens with one attached hydrogen (secondary N) is 1. The molecule has 1 aliphatic rings. The zero-order valence-corrected chi connectivity index (χ0v) is 12.8. The maximum atomic E-state index is 5.49. The quantitative estimate of drug-likeness (QED) is 0.938. The topological polar surface area (TPSA) is 50.4 Å². The van der Waals surface area contributed by atoms with Gasteiger partial charge >= 0.3 is 0 Å². The third-order valence-corrected chi connectivity index (χ3v) is 4.12. The Hall–Kier alpha value is -2.01. The highest BCUT2D eigenvalue weighted by molar-refractivity contribution is 5.72. The first-order valence-corrected chi connectivity index (χ1v) is 7.27. The van der Waals surface area contributed by atoms with Crippen LogP contribution in [0.1, 0.15) is 18.2 Å². The van der Waals surface area contributed by atoms with Crippen LogP contribution in [0.15, 0.2) is 18.2 Å². The summed E-state index contributed by atoms with van der Waals surface area (Å²) in [7, 11) is 3.35. The number of hydrogen-bond acceptors (Lipinski definition) is 4. The van der Waals surface area contributed by atoms with Gasteiger partial charge in [-0.1, -0.05) is 6.92 Å². The van der Waals surface area contributed by atoms with Crippen LogP contribution in [0.2, 0.25) is 0 Å². The minimum absolute atomic E-state index is 0.811. The molecule has 1 N–H and O–H groups in total. The van der Waals surface area contributed by atoms with Crippen molar-refractivity contribution in [1.82, 2.24) is 15.1 Å². The third-order valence-electron chi connectivity index (χ3n) is 4.12. The largest absolute Gasteiger partial charge is 0.497 e. The molecular formula is C16H21N3O2. The van der Waals surface area contributed by atoms with Crippen molar-refractivity contribution in [1.29, 1.82) is 0 Å². The third kappa shape index (κ3) is 2.49. The first kappa shape index (κ1) is 13.9. The van der Waals surface area contributed by atoms with Crippen molar-refractivity contribution in [3.63, 3.8) is 0 Å². The maximum absolute atomic E-state index is 5.49. The molecule has 1 aromatic carbocycles. The lowest BCUT2D eigenvalue weighted by atomic mass is 10.00. The molecule has 5 nitrogen and oxygen atoms in total. The Balaban J connectivity index is 2.07. The summed E-state index contributed by atoms with van der Waals surface area (Å²) in [6.45, 7) is 5.26. The average Bonchev–Trinajstić information content (AvgIpc) is 2.96. The lowest BCUT2D eigenvalue weighted by Gasteiger charge is -2.25. The molecule has 0 aliphatic carbocycles. The van der Waals surface area contributed by atoms with Crippen LogP contribution in [0.4, 0.5) is 0 Å². The van der Waals surface area contributed by atoms with Crippen LogP contribution in [0, 0.1) is 0 Å². The Kier molecular flexibility index (Phi) is 3.84. The number of likely N-dealkylation sites (N-methyl/N-ethyl adjacent to an activating group) is 1. The highest BCUT2D eigenvalue weighted by Gasteiger charge is 2.23. The van der Waals surface area contributed by atoms with Gasteiger partial charge in [-0.2, -0.15) is 5.10 Å². The minimum atomic E-state index is 0.811. The normalized spacial score (nSPS) is 14.8. The van der Waals surface area contributed by atoms with Gasteiger partial charge in [0.2, 0.25) is 0 Å². The van der Waals surface area contributed by atoms with Crippen molar-refractivity contribution >= 4 is 0 Å². The van der Waals surface area contributed by atoms with Gasteiger partial charge in [-0.25, -0.2) is 0 Å². The van der Waals surface area contributed by atoms with Gasteiger partial charge in [0.15, 0.2) is 0 Å². The molecule has 1 aromatic heterocycles. The van der Waals surface area contributed by atoms with E-state index in [1.807, 2.05) is 18.2 Å². The summed E-state index contributed by atoms with van der Waals surface area (Å²) in [6.07, 6.45) is 1.02. The van der Waals surface area contributed by atoms with E-state index in [0.717, 1.165) is 48.8 Å². The molecule has 0 saturated heterocycles. The molecule has 0 spiro atoms. The summed E-state index contributed by atoms with van der Waals surface area (Å²) in [4.78, 5) is 2.42. The molecule has 2 heterocycles. The van der Waals surface area contributed by atoms with E-state index in [2.05, 4.69) is 22.0 Å². The number of aromatic nitrogens is 2. The van der Waals surface area contributed by atoms with E-state index in [-0.39, 0.29) is 0 Å². The summed E-state index contributed by atoms with van der Waals surface area (Å²) < 4.78 is 10.8. The van der Waals surface area contributed by atoms with E-state index in [9.17, 15) is 0 Å². The predicted octanol–water partition coefficient (Wildman–Crippen LogP) is 2.47. The number of benzene rings is 1. The number of ether oxygens (including phenoxy) is 2. The van der Waals surface area contributed by atoms with Gasteiger partial charge in [-0.15, -0.1) is 0 Å². The van der Waals surface area contributed by atoms with E-state index >= 15 is 0 Å². The number of fused-ring (bicyclic) bond motifs is 1. The standard InChI is InChI=1S/C16H21N3O2/c1-4-19-8-7-14-13(10-19)16(18-17-14)12-9-11(20-2)5-6-15(12)21-3/h5-6,9H,4,7-8,10H2,1-3H3,(H,17,18). The Labute approximate surface area is 124 Å². The summed E-state index contributed by atoms with van der Waals surface area (Å²) in [6, 6.07) is 5.82. The van der Waals surface area contributed by atoms with E-state index in [0.29, 0.717) is 0 Å². The zero-order chi connectivity index (χ0) is 14.8. The second-order valence-electron chi connectivity index (χ2n) is 5.21. The zero-order valence-electron chi connectivity index (χ0n) is 12.8. The van der Waals surface area contributed by atoms with Crippen molar-refractivity contribution in [2.75, 3.05) is 27.3 Å². The fourth-order valence-corrected chi connectivity index (χ4v) is 2.84. The Bertz CT molecular complexity index is 636. The van der Waals surface area contributed by atoms with Gasteiger partial charge in [0.1, 0.15) is 17.2 Å². The number of nitrogens with zero attached hydrogens (tertiary/aromatic N) is 2. The molecule has 1 aliphatic heterocycles. The highest BCUT2D eigenvalue weighted by Crippen LogP contribution is 2.36. The van der Waals surface area contributed by atoms with Crippen molar-refractivity contribution in [3.05, 3.63) is 29.5 Å². The number of hydrogen-bond donors (Lipinski definition) is 1. The Morgan fingerprint density at radius 3 is 2.86 bits per heavy atom. The van der Waals surface area contributed by atoms with Gasteiger partial charge in [0.25, 0.3) is 0 Å². The number of aromatic amines is 1. The lowest BCUT2D eigenvalue weighted by molar-refractivity contribution is 0.267. The second kappa shape index (κ2) is 5.77. The Morgan fingerprint density at radius 1 is 1.29 bits per heavy atom. The van der Waals surface area contributed by atoms with Crippen LogP contribution in [-0.4, -0.2) is 42.4 Å². The van der Waals surface area contributed by atoms with Crippen LogP contribution < -0.4 is 9.47 Å². The molecule has 0 amide bonds. The van der Waals surface area contributed by atoms with Crippen LogP contribution in [0.3, 0.4) is 0 Å². The van der Waals surface area contributed by atoms with Gasteiger partial charge in [-0.3, -0.25) is 10.00 Å². The summed E-state index contributed by atoms with van der Waals surface area (Å²) >= 11 is 0. The van der Waals surface area contributed by atoms with Gasteiger partial charge in [0, 0.05) is 36.3 Å². The van der Waals surface area contributed by atoms with Crippen LogP contribution >= 0.6 is 0 Å². The first-order chi connectivity index (χ1) is 10.3. The number of methoxy groups -OCH3 is 2. The maximum Gasteiger partial charge on any atom is 0.128 e. The van der Waals surface area contributed by atoms with Gasteiger partial charge in [0.05, 0.1) is 14.2 Å². The molecule has 0 fully saturated rings. The summed E-state index contributed by atoms with van der Waals surface area (Å²) in [5.74, 6) is 1.63. The van der Waals surface area contributed by atoms with Crippen LogP contribution in [-0.2, 0) is 13.0 Å².